The second kappa shape index (κ2) is 5.59. The summed E-state index contributed by atoms with van der Waals surface area (Å²) in [5, 5.41) is 12.7. The Morgan fingerprint density at radius 3 is 3.06 bits per heavy atom. The van der Waals surface area contributed by atoms with Crippen LogP contribution in [0.1, 0.15) is 12.0 Å². The van der Waals surface area contributed by atoms with Crippen molar-refractivity contribution in [3.05, 3.63) is 34.1 Å². The van der Waals surface area contributed by atoms with E-state index in [0.717, 1.165) is 10.2 Å². The molecule has 0 saturated carbocycles. The lowest BCUT2D eigenvalue weighted by molar-refractivity contribution is -0.137. The minimum absolute atomic E-state index is 0.199. The quantitative estimate of drug-likeness (QED) is 0.890. The molecule has 3 nitrogen and oxygen atoms in total. The third-order valence-corrected chi connectivity index (χ3v) is 4.82. The van der Waals surface area contributed by atoms with Crippen LogP contribution < -0.4 is 5.32 Å². The molecule has 6 heteroatoms. The summed E-state index contributed by atoms with van der Waals surface area (Å²) >= 11 is 4.85. The third kappa shape index (κ3) is 3.05. The number of nitrogens with one attached hydrogen (secondary N) is 1. The number of hydrogen-bond donors (Lipinski definition) is 2. The van der Waals surface area contributed by atoms with Crippen molar-refractivity contribution in [1.82, 2.24) is 5.32 Å². The van der Waals surface area contributed by atoms with E-state index in [2.05, 4.69) is 21.2 Å². The largest absolute Gasteiger partial charge is 0.379 e. The van der Waals surface area contributed by atoms with E-state index < -0.39 is 5.60 Å². The number of thioether (sulfide) groups is 1. The minimum atomic E-state index is -1.27. The molecule has 1 heterocycles. The van der Waals surface area contributed by atoms with Crippen molar-refractivity contribution in [2.75, 3.05) is 11.5 Å². The van der Waals surface area contributed by atoms with Gasteiger partial charge in [0.2, 0.25) is 0 Å². The molecule has 2 rings (SSSR count). The van der Waals surface area contributed by atoms with Gasteiger partial charge in [0.15, 0.2) is 5.60 Å². The SMILES string of the molecule is O=C(NCc1cc(F)ccc1Br)C1(O)CCSC1. The van der Waals surface area contributed by atoms with Crippen molar-refractivity contribution in [1.29, 1.82) is 0 Å². The zero-order valence-electron chi connectivity index (χ0n) is 9.58. The highest BCUT2D eigenvalue weighted by atomic mass is 79.9. The molecule has 1 aromatic carbocycles. The molecule has 0 radical (unpaired) electrons. The number of rotatable bonds is 3. The summed E-state index contributed by atoms with van der Waals surface area (Å²) < 4.78 is 13.8. The normalized spacial score (nSPS) is 23.1. The Kier molecular flexibility index (Phi) is 4.29. The molecule has 1 saturated heterocycles. The van der Waals surface area contributed by atoms with E-state index >= 15 is 0 Å². The molecule has 2 N–H and O–H groups in total. The van der Waals surface area contributed by atoms with Gasteiger partial charge in [-0.15, -0.1) is 0 Å². The van der Waals surface area contributed by atoms with Crippen molar-refractivity contribution < 1.29 is 14.3 Å². The van der Waals surface area contributed by atoms with Crippen molar-refractivity contribution in [3.63, 3.8) is 0 Å². The molecular weight excluding hydrogens is 321 g/mol. The molecule has 18 heavy (non-hydrogen) atoms. The molecule has 1 fully saturated rings. The number of halogens is 2. The summed E-state index contributed by atoms with van der Waals surface area (Å²) in [5.41, 5.74) is -0.623. The maximum Gasteiger partial charge on any atom is 0.253 e. The first-order valence-electron chi connectivity index (χ1n) is 5.54. The fourth-order valence-corrected chi connectivity index (χ4v) is 3.38. The van der Waals surface area contributed by atoms with Gasteiger partial charge >= 0.3 is 0 Å². The second-order valence-corrected chi connectivity index (χ2v) is 6.21. The minimum Gasteiger partial charge on any atom is -0.379 e. The van der Waals surface area contributed by atoms with Gasteiger partial charge in [-0.05, 0) is 35.9 Å². The summed E-state index contributed by atoms with van der Waals surface area (Å²) in [6, 6.07) is 4.30. The molecule has 1 aliphatic rings. The van der Waals surface area contributed by atoms with Gasteiger partial charge in [0, 0.05) is 16.8 Å². The predicted molar refractivity (Wildman–Crippen MR) is 72.8 cm³/mol. The van der Waals surface area contributed by atoms with Gasteiger partial charge < -0.3 is 10.4 Å². The summed E-state index contributed by atoms with van der Waals surface area (Å²) in [6.07, 6.45) is 0.466. The molecular formula is C12H13BrFNO2S. The van der Waals surface area contributed by atoms with E-state index in [4.69, 9.17) is 0 Å². The Labute approximate surface area is 117 Å². The molecule has 0 aromatic heterocycles. The van der Waals surface area contributed by atoms with Crippen LogP contribution in [0, 0.1) is 5.82 Å². The van der Waals surface area contributed by atoms with Crippen LogP contribution in [-0.2, 0) is 11.3 Å². The van der Waals surface area contributed by atoms with Crippen LogP contribution in [0.2, 0.25) is 0 Å². The highest BCUT2D eigenvalue weighted by Gasteiger charge is 2.39. The van der Waals surface area contributed by atoms with Gasteiger partial charge in [-0.2, -0.15) is 11.8 Å². The highest BCUT2D eigenvalue weighted by molar-refractivity contribution is 9.10. The lowest BCUT2D eigenvalue weighted by Crippen LogP contribution is -2.46. The molecule has 1 atom stereocenters. The van der Waals surface area contributed by atoms with Crippen LogP contribution in [0.3, 0.4) is 0 Å². The van der Waals surface area contributed by atoms with Gasteiger partial charge in [-0.25, -0.2) is 4.39 Å². The van der Waals surface area contributed by atoms with Crippen LogP contribution in [0.15, 0.2) is 22.7 Å². The predicted octanol–water partition coefficient (Wildman–Crippen LogP) is 2.07. The Morgan fingerprint density at radius 2 is 2.39 bits per heavy atom. The second-order valence-electron chi connectivity index (χ2n) is 4.25. The average Bonchev–Trinajstić information content (AvgIpc) is 2.78. The van der Waals surface area contributed by atoms with E-state index in [0.29, 0.717) is 17.7 Å². The van der Waals surface area contributed by atoms with Crippen LogP contribution in [0.25, 0.3) is 0 Å². The van der Waals surface area contributed by atoms with Crippen molar-refractivity contribution in [2.24, 2.45) is 0 Å². The van der Waals surface area contributed by atoms with E-state index in [1.54, 1.807) is 17.8 Å². The number of carbonyl (C=O) groups excluding carboxylic acids is 1. The molecule has 1 unspecified atom stereocenters. The number of hydrogen-bond acceptors (Lipinski definition) is 3. The Morgan fingerprint density at radius 1 is 1.61 bits per heavy atom. The van der Waals surface area contributed by atoms with Gasteiger partial charge in [0.25, 0.3) is 5.91 Å². The zero-order chi connectivity index (χ0) is 13.2. The molecule has 0 spiro atoms. The molecule has 98 valence electrons. The fourth-order valence-electron chi connectivity index (χ4n) is 1.75. The van der Waals surface area contributed by atoms with Gasteiger partial charge in [-0.1, -0.05) is 15.9 Å². The Balaban J connectivity index is 1.99. The third-order valence-electron chi connectivity index (χ3n) is 2.87. The molecule has 0 bridgehead atoms. The van der Waals surface area contributed by atoms with E-state index in [-0.39, 0.29) is 18.3 Å². The first kappa shape index (κ1) is 13.8. The first-order valence-corrected chi connectivity index (χ1v) is 7.48. The standard InChI is InChI=1S/C12H13BrFNO2S/c13-10-2-1-9(14)5-8(10)6-15-11(16)12(17)3-4-18-7-12/h1-2,5,17H,3-4,6-7H2,(H,15,16). The molecule has 1 amide bonds. The van der Waals surface area contributed by atoms with E-state index in [1.165, 1.54) is 12.1 Å². The smallest absolute Gasteiger partial charge is 0.253 e. The highest BCUT2D eigenvalue weighted by Crippen LogP contribution is 2.28. The monoisotopic (exact) mass is 333 g/mol. The van der Waals surface area contributed by atoms with Crippen molar-refractivity contribution >= 4 is 33.6 Å². The summed E-state index contributed by atoms with van der Waals surface area (Å²) in [7, 11) is 0. The zero-order valence-corrected chi connectivity index (χ0v) is 12.0. The maximum atomic E-state index is 13.1. The molecule has 1 aliphatic heterocycles. The van der Waals surface area contributed by atoms with Crippen molar-refractivity contribution in [3.8, 4) is 0 Å². The molecule has 0 aliphatic carbocycles. The van der Waals surface area contributed by atoms with Gasteiger partial charge in [-0.3, -0.25) is 4.79 Å². The number of amides is 1. The van der Waals surface area contributed by atoms with Crippen LogP contribution >= 0.6 is 27.7 Å². The molecule has 1 aromatic rings. The summed E-state index contributed by atoms with van der Waals surface area (Å²) in [4.78, 5) is 11.9. The lowest BCUT2D eigenvalue weighted by atomic mass is 10.0. The number of carbonyl (C=O) groups is 1. The Hall–Kier alpha value is -0.590. The van der Waals surface area contributed by atoms with E-state index in [1.807, 2.05) is 0 Å². The van der Waals surface area contributed by atoms with Gasteiger partial charge in [0.1, 0.15) is 5.82 Å². The van der Waals surface area contributed by atoms with Crippen molar-refractivity contribution in [2.45, 2.75) is 18.6 Å². The maximum absolute atomic E-state index is 13.1. The van der Waals surface area contributed by atoms with Crippen LogP contribution in [0.4, 0.5) is 4.39 Å². The van der Waals surface area contributed by atoms with Crippen LogP contribution in [-0.4, -0.2) is 28.1 Å². The van der Waals surface area contributed by atoms with Crippen LogP contribution in [0.5, 0.6) is 0 Å². The lowest BCUT2D eigenvalue weighted by Gasteiger charge is -2.20. The fraction of sp³-hybridized carbons (Fsp3) is 0.417. The number of aliphatic hydroxyl groups is 1. The average molecular weight is 334 g/mol. The summed E-state index contributed by atoms with van der Waals surface area (Å²) in [5.74, 6) is 0.470. The Bertz CT molecular complexity index is 463. The number of benzene rings is 1. The van der Waals surface area contributed by atoms with Gasteiger partial charge in [0.05, 0.1) is 0 Å². The van der Waals surface area contributed by atoms with E-state index in [9.17, 15) is 14.3 Å². The topological polar surface area (TPSA) is 49.3 Å². The summed E-state index contributed by atoms with van der Waals surface area (Å²) in [6.45, 7) is 0.199. The first-order chi connectivity index (χ1) is 8.51.